The lowest BCUT2D eigenvalue weighted by molar-refractivity contribution is -0.106. The summed E-state index contributed by atoms with van der Waals surface area (Å²) < 4.78 is 19.5. The minimum absolute atomic E-state index is 0.0754. The predicted octanol–water partition coefficient (Wildman–Crippen LogP) is 2.49. The third-order valence-electron chi connectivity index (χ3n) is 3.13. The summed E-state index contributed by atoms with van der Waals surface area (Å²) in [5.74, 6) is -1.72. The number of methoxy groups -OCH3 is 1. The van der Waals surface area contributed by atoms with Crippen molar-refractivity contribution in [1.29, 1.82) is 0 Å². The topological polar surface area (TPSA) is 96.5 Å². The standard InChI is InChI=1S/C16H14FN3O4/c1-24-16(23)11-7-12(18-8-21)15(19-9-22)13(17)14(11)20-10-5-3-2-4-6-10/h2-9,20H,1H3,(H,18,21)(H,19,22). The monoisotopic (exact) mass is 331 g/mol. The second-order valence-electron chi connectivity index (χ2n) is 4.54. The van der Waals surface area contributed by atoms with Crippen LogP contribution in [0.3, 0.4) is 0 Å². The molecule has 8 heteroatoms. The molecular weight excluding hydrogens is 317 g/mol. The molecule has 2 amide bonds. The Morgan fingerprint density at radius 1 is 1.08 bits per heavy atom. The Bertz CT molecular complexity index is 766. The number of amides is 2. The van der Waals surface area contributed by atoms with E-state index in [0.717, 1.165) is 7.11 Å². The molecule has 0 aliphatic heterocycles. The third kappa shape index (κ3) is 3.49. The number of anilines is 4. The van der Waals surface area contributed by atoms with E-state index in [4.69, 9.17) is 0 Å². The van der Waals surface area contributed by atoms with Gasteiger partial charge in [0, 0.05) is 5.69 Å². The van der Waals surface area contributed by atoms with E-state index >= 15 is 0 Å². The van der Waals surface area contributed by atoms with E-state index in [-0.39, 0.29) is 29.0 Å². The van der Waals surface area contributed by atoms with Crippen molar-refractivity contribution in [2.45, 2.75) is 0 Å². The second-order valence-corrected chi connectivity index (χ2v) is 4.54. The van der Waals surface area contributed by atoms with Crippen LogP contribution < -0.4 is 16.0 Å². The Morgan fingerprint density at radius 2 is 1.75 bits per heavy atom. The Labute approximate surface area is 136 Å². The zero-order chi connectivity index (χ0) is 17.5. The van der Waals surface area contributed by atoms with Crippen molar-refractivity contribution in [1.82, 2.24) is 0 Å². The molecule has 0 aliphatic rings. The van der Waals surface area contributed by atoms with Crippen molar-refractivity contribution < 1.29 is 23.5 Å². The van der Waals surface area contributed by atoms with Gasteiger partial charge in [0.2, 0.25) is 12.8 Å². The third-order valence-corrected chi connectivity index (χ3v) is 3.13. The van der Waals surface area contributed by atoms with Crippen LogP contribution in [0.5, 0.6) is 0 Å². The summed E-state index contributed by atoms with van der Waals surface area (Å²) in [6.07, 6.45) is 0.564. The summed E-state index contributed by atoms with van der Waals surface area (Å²) in [4.78, 5) is 33.4. The van der Waals surface area contributed by atoms with Crippen molar-refractivity contribution in [3.63, 3.8) is 0 Å². The molecule has 0 bridgehead atoms. The van der Waals surface area contributed by atoms with Crippen LogP contribution in [0.15, 0.2) is 36.4 Å². The molecule has 0 fully saturated rings. The van der Waals surface area contributed by atoms with Gasteiger partial charge in [-0.25, -0.2) is 9.18 Å². The van der Waals surface area contributed by atoms with Crippen molar-refractivity contribution >= 4 is 41.5 Å². The number of hydrogen-bond acceptors (Lipinski definition) is 5. The first-order valence-electron chi connectivity index (χ1n) is 6.79. The average Bonchev–Trinajstić information content (AvgIpc) is 2.60. The summed E-state index contributed by atoms with van der Waals surface area (Å²) >= 11 is 0. The molecular formula is C16H14FN3O4. The van der Waals surface area contributed by atoms with Crippen LogP contribution in [0, 0.1) is 5.82 Å². The van der Waals surface area contributed by atoms with Gasteiger partial charge in [0.25, 0.3) is 0 Å². The number of nitrogens with one attached hydrogen (secondary N) is 3. The molecule has 2 aromatic carbocycles. The lowest BCUT2D eigenvalue weighted by atomic mass is 10.1. The minimum Gasteiger partial charge on any atom is -0.465 e. The maximum Gasteiger partial charge on any atom is 0.340 e. The molecule has 2 aromatic rings. The van der Waals surface area contributed by atoms with Gasteiger partial charge < -0.3 is 20.7 Å². The number of benzene rings is 2. The van der Waals surface area contributed by atoms with Gasteiger partial charge in [-0.2, -0.15) is 0 Å². The summed E-state index contributed by atoms with van der Waals surface area (Å²) in [5.41, 5.74) is -0.153. The molecule has 0 aliphatic carbocycles. The first-order valence-corrected chi connectivity index (χ1v) is 6.79. The molecule has 0 saturated heterocycles. The number of hydrogen-bond donors (Lipinski definition) is 3. The molecule has 0 saturated carbocycles. The first-order chi connectivity index (χ1) is 11.6. The molecule has 0 heterocycles. The van der Waals surface area contributed by atoms with Gasteiger partial charge in [-0.3, -0.25) is 9.59 Å². The fourth-order valence-electron chi connectivity index (χ4n) is 2.09. The van der Waals surface area contributed by atoms with E-state index in [0.29, 0.717) is 12.1 Å². The number of ether oxygens (including phenoxy) is 1. The second kappa shape index (κ2) is 7.73. The van der Waals surface area contributed by atoms with Gasteiger partial charge in [-0.15, -0.1) is 0 Å². The summed E-state index contributed by atoms with van der Waals surface area (Å²) in [6, 6.07) is 9.78. The van der Waals surface area contributed by atoms with E-state index in [1.807, 2.05) is 0 Å². The van der Waals surface area contributed by atoms with Crippen LogP contribution in [0.25, 0.3) is 0 Å². The average molecular weight is 331 g/mol. The van der Waals surface area contributed by atoms with Crippen molar-refractivity contribution in [2.24, 2.45) is 0 Å². The highest BCUT2D eigenvalue weighted by molar-refractivity contribution is 6.02. The predicted molar refractivity (Wildman–Crippen MR) is 86.8 cm³/mol. The number of halogens is 1. The van der Waals surface area contributed by atoms with Crippen LogP contribution in [0.4, 0.5) is 27.1 Å². The molecule has 3 N–H and O–H groups in total. The molecule has 0 unspecified atom stereocenters. The van der Waals surface area contributed by atoms with E-state index in [1.165, 1.54) is 6.07 Å². The van der Waals surface area contributed by atoms with Crippen molar-refractivity contribution in [3.05, 3.63) is 47.8 Å². The van der Waals surface area contributed by atoms with E-state index in [9.17, 15) is 18.8 Å². The first kappa shape index (κ1) is 16.9. The Kier molecular flexibility index (Phi) is 5.45. The van der Waals surface area contributed by atoms with Crippen LogP contribution in [-0.2, 0) is 14.3 Å². The number of rotatable bonds is 7. The highest BCUT2D eigenvalue weighted by atomic mass is 19.1. The summed E-state index contributed by atoms with van der Waals surface area (Å²) in [7, 11) is 1.15. The number of para-hydroxylation sites is 1. The summed E-state index contributed by atoms with van der Waals surface area (Å²) in [6.45, 7) is 0. The van der Waals surface area contributed by atoms with Gasteiger partial charge in [0.15, 0.2) is 5.82 Å². The Morgan fingerprint density at radius 3 is 2.33 bits per heavy atom. The van der Waals surface area contributed by atoms with Gasteiger partial charge in [0.05, 0.1) is 24.0 Å². The van der Waals surface area contributed by atoms with Crippen LogP contribution in [0.2, 0.25) is 0 Å². The molecule has 0 radical (unpaired) electrons. The lowest BCUT2D eigenvalue weighted by Gasteiger charge is -2.17. The number of esters is 1. The van der Waals surface area contributed by atoms with E-state index in [2.05, 4.69) is 20.7 Å². The van der Waals surface area contributed by atoms with Crippen LogP contribution >= 0.6 is 0 Å². The van der Waals surface area contributed by atoms with Gasteiger partial charge in [-0.1, -0.05) is 18.2 Å². The Balaban J connectivity index is 2.64. The smallest absolute Gasteiger partial charge is 0.340 e. The number of carbonyl (C=O) groups excluding carboxylic acids is 3. The van der Waals surface area contributed by atoms with Gasteiger partial charge in [-0.05, 0) is 18.2 Å². The van der Waals surface area contributed by atoms with E-state index in [1.54, 1.807) is 30.3 Å². The normalized spacial score (nSPS) is 9.75. The van der Waals surface area contributed by atoms with Crippen LogP contribution in [-0.4, -0.2) is 25.9 Å². The molecule has 0 aromatic heterocycles. The largest absolute Gasteiger partial charge is 0.465 e. The lowest BCUT2D eigenvalue weighted by Crippen LogP contribution is -2.12. The number of carbonyl (C=O) groups is 3. The molecule has 124 valence electrons. The maximum absolute atomic E-state index is 14.8. The summed E-state index contributed by atoms with van der Waals surface area (Å²) in [5, 5.41) is 7.18. The fourth-order valence-corrected chi connectivity index (χ4v) is 2.09. The molecule has 0 atom stereocenters. The zero-order valence-corrected chi connectivity index (χ0v) is 12.6. The van der Waals surface area contributed by atoms with Crippen LogP contribution in [0.1, 0.15) is 10.4 Å². The maximum atomic E-state index is 14.8. The highest BCUT2D eigenvalue weighted by Gasteiger charge is 2.23. The zero-order valence-electron chi connectivity index (χ0n) is 12.6. The molecule has 24 heavy (non-hydrogen) atoms. The highest BCUT2D eigenvalue weighted by Crippen LogP contribution is 2.36. The SMILES string of the molecule is COC(=O)c1cc(NC=O)c(NC=O)c(F)c1Nc1ccccc1. The molecule has 7 nitrogen and oxygen atoms in total. The molecule has 0 spiro atoms. The van der Waals surface area contributed by atoms with Crippen molar-refractivity contribution in [2.75, 3.05) is 23.1 Å². The quantitative estimate of drug-likeness (QED) is 0.535. The molecule has 2 rings (SSSR count). The van der Waals surface area contributed by atoms with E-state index < -0.39 is 11.8 Å². The van der Waals surface area contributed by atoms with Gasteiger partial charge in [0.1, 0.15) is 5.69 Å². The van der Waals surface area contributed by atoms with Crippen molar-refractivity contribution in [3.8, 4) is 0 Å². The van der Waals surface area contributed by atoms with Gasteiger partial charge >= 0.3 is 5.97 Å². The minimum atomic E-state index is -0.918. The Hall–Kier alpha value is -3.42. The fraction of sp³-hybridized carbons (Fsp3) is 0.0625.